The number of carbonyl (C=O) groups is 2. The Bertz CT molecular complexity index is 196. The van der Waals surface area contributed by atoms with E-state index >= 15 is 0 Å². The summed E-state index contributed by atoms with van der Waals surface area (Å²) in [7, 11) is 1.28. The third-order valence-corrected chi connectivity index (χ3v) is 1.12. The van der Waals surface area contributed by atoms with Gasteiger partial charge in [0.1, 0.15) is 0 Å². The molecule has 4 heteroatoms. The van der Waals surface area contributed by atoms with E-state index in [0.717, 1.165) is 0 Å². The normalized spacial score (nSPS) is 10.9. The second-order valence-electron chi connectivity index (χ2n) is 2.05. The second-order valence-corrected chi connectivity index (χ2v) is 2.05. The van der Waals surface area contributed by atoms with Crippen molar-refractivity contribution in [1.29, 1.82) is 0 Å². The largest absolute Gasteiger partial charge is 0.466 e. The van der Waals surface area contributed by atoms with Crippen molar-refractivity contribution in [2.75, 3.05) is 7.11 Å². The number of esters is 1. The summed E-state index contributed by atoms with van der Waals surface area (Å²) < 4.78 is 4.38. The van der Waals surface area contributed by atoms with Crippen LogP contribution in [0.5, 0.6) is 0 Å². The highest BCUT2D eigenvalue weighted by molar-refractivity contribution is 5.88. The first-order chi connectivity index (χ1) is 5.07. The summed E-state index contributed by atoms with van der Waals surface area (Å²) in [5, 5.41) is 0. The number of ether oxygens (including phenoxy) is 1. The van der Waals surface area contributed by atoms with Gasteiger partial charge in [-0.25, -0.2) is 4.79 Å². The van der Waals surface area contributed by atoms with E-state index in [1.54, 1.807) is 6.92 Å². The van der Waals surface area contributed by atoms with E-state index in [4.69, 9.17) is 5.73 Å². The van der Waals surface area contributed by atoms with Gasteiger partial charge in [0.2, 0.25) is 5.91 Å². The average Bonchev–Trinajstić information content (AvgIpc) is 1.98. The van der Waals surface area contributed by atoms with Gasteiger partial charge in [-0.1, -0.05) is 6.08 Å². The Labute approximate surface area is 65.0 Å². The molecule has 0 aromatic rings. The third kappa shape index (κ3) is 4.13. The van der Waals surface area contributed by atoms with E-state index < -0.39 is 11.9 Å². The summed E-state index contributed by atoms with van der Waals surface area (Å²) in [6, 6.07) is 0. The van der Waals surface area contributed by atoms with Crippen molar-refractivity contribution >= 4 is 11.9 Å². The molecule has 0 atom stereocenters. The molecular formula is C7H11NO3. The Balaban J connectivity index is 4.00. The summed E-state index contributed by atoms with van der Waals surface area (Å²) in [4.78, 5) is 20.9. The van der Waals surface area contributed by atoms with Gasteiger partial charge < -0.3 is 10.5 Å². The summed E-state index contributed by atoms with van der Waals surface area (Å²) in [5.41, 5.74) is 5.24. The fourth-order valence-corrected chi connectivity index (χ4v) is 0.498. The fraction of sp³-hybridized carbons (Fsp3) is 0.429. The van der Waals surface area contributed by atoms with E-state index in [0.29, 0.717) is 5.57 Å². The average molecular weight is 157 g/mol. The lowest BCUT2D eigenvalue weighted by Gasteiger charge is -1.96. The van der Waals surface area contributed by atoms with Crippen molar-refractivity contribution in [2.24, 2.45) is 5.73 Å². The standard InChI is InChI=1S/C7H11NO3/c1-5(7(10)11-2)3-4-6(8)9/h3H,4H2,1-2H3,(H2,8,9)/b5-3-. The van der Waals surface area contributed by atoms with Gasteiger partial charge in [0.15, 0.2) is 0 Å². The summed E-state index contributed by atoms with van der Waals surface area (Å²) in [6.45, 7) is 1.56. The van der Waals surface area contributed by atoms with Gasteiger partial charge in [0.05, 0.1) is 7.11 Å². The Morgan fingerprint density at radius 2 is 2.09 bits per heavy atom. The number of amides is 1. The molecule has 11 heavy (non-hydrogen) atoms. The number of carbonyl (C=O) groups excluding carboxylic acids is 2. The Morgan fingerprint density at radius 3 is 2.45 bits per heavy atom. The molecule has 0 aromatic heterocycles. The lowest BCUT2D eigenvalue weighted by Crippen LogP contribution is -2.09. The number of methoxy groups -OCH3 is 1. The number of hydrogen-bond donors (Lipinski definition) is 1. The van der Waals surface area contributed by atoms with E-state index in [1.807, 2.05) is 0 Å². The minimum absolute atomic E-state index is 0.0704. The first-order valence-electron chi connectivity index (χ1n) is 3.11. The Kier molecular flexibility index (Phi) is 3.95. The smallest absolute Gasteiger partial charge is 0.333 e. The molecule has 0 radical (unpaired) electrons. The summed E-state index contributed by atoms with van der Waals surface area (Å²) in [6.07, 6.45) is 1.51. The zero-order valence-electron chi connectivity index (χ0n) is 6.59. The number of nitrogens with two attached hydrogens (primary N) is 1. The quantitative estimate of drug-likeness (QED) is 0.462. The number of rotatable bonds is 3. The molecule has 0 unspecified atom stereocenters. The molecule has 0 fully saturated rings. The highest BCUT2D eigenvalue weighted by Crippen LogP contribution is 1.96. The van der Waals surface area contributed by atoms with E-state index in [2.05, 4.69) is 4.74 Å². The lowest BCUT2D eigenvalue weighted by molar-refractivity contribution is -0.136. The molecule has 0 aliphatic heterocycles. The molecule has 0 aromatic carbocycles. The maximum absolute atomic E-state index is 10.7. The van der Waals surface area contributed by atoms with Crippen LogP contribution in [0.15, 0.2) is 11.6 Å². The van der Waals surface area contributed by atoms with E-state index in [9.17, 15) is 9.59 Å². The molecule has 62 valence electrons. The molecule has 0 rings (SSSR count). The van der Waals surface area contributed by atoms with Gasteiger partial charge in [0, 0.05) is 12.0 Å². The molecule has 0 saturated heterocycles. The number of primary amides is 1. The van der Waals surface area contributed by atoms with Crippen molar-refractivity contribution < 1.29 is 14.3 Å². The molecule has 0 aliphatic carbocycles. The molecular weight excluding hydrogens is 146 g/mol. The minimum Gasteiger partial charge on any atom is -0.466 e. The zero-order chi connectivity index (χ0) is 8.85. The third-order valence-electron chi connectivity index (χ3n) is 1.12. The van der Waals surface area contributed by atoms with E-state index in [-0.39, 0.29) is 6.42 Å². The van der Waals surface area contributed by atoms with Crippen LogP contribution in [0.1, 0.15) is 13.3 Å². The van der Waals surface area contributed by atoms with Gasteiger partial charge in [-0.2, -0.15) is 0 Å². The van der Waals surface area contributed by atoms with Crippen molar-refractivity contribution in [1.82, 2.24) is 0 Å². The molecule has 0 aliphatic rings. The minimum atomic E-state index is -0.465. The summed E-state index contributed by atoms with van der Waals surface area (Å²) in [5.74, 6) is -0.903. The van der Waals surface area contributed by atoms with Crippen LogP contribution in [0.2, 0.25) is 0 Å². The van der Waals surface area contributed by atoms with Gasteiger partial charge in [0.25, 0.3) is 0 Å². The van der Waals surface area contributed by atoms with Crippen molar-refractivity contribution in [2.45, 2.75) is 13.3 Å². The fourth-order valence-electron chi connectivity index (χ4n) is 0.498. The first-order valence-corrected chi connectivity index (χ1v) is 3.11. The monoisotopic (exact) mass is 157 g/mol. The van der Waals surface area contributed by atoms with Gasteiger partial charge in [-0.05, 0) is 6.92 Å². The maximum Gasteiger partial charge on any atom is 0.333 e. The highest BCUT2D eigenvalue weighted by atomic mass is 16.5. The lowest BCUT2D eigenvalue weighted by atomic mass is 10.2. The predicted molar refractivity (Wildman–Crippen MR) is 39.6 cm³/mol. The molecule has 0 bridgehead atoms. The van der Waals surface area contributed by atoms with Crippen LogP contribution in [-0.4, -0.2) is 19.0 Å². The van der Waals surface area contributed by atoms with Gasteiger partial charge in [-0.15, -0.1) is 0 Å². The van der Waals surface area contributed by atoms with Crippen molar-refractivity contribution in [3.8, 4) is 0 Å². The van der Waals surface area contributed by atoms with Gasteiger partial charge in [-0.3, -0.25) is 4.79 Å². The number of hydrogen-bond acceptors (Lipinski definition) is 3. The van der Waals surface area contributed by atoms with Crippen LogP contribution < -0.4 is 5.73 Å². The first kappa shape index (κ1) is 9.68. The van der Waals surface area contributed by atoms with Crippen LogP contribution in [-0.2, 0) is 14.3 Å². The van der Waals surface area contributed by atoms with Crippen LogP contribution in [0, 0.1) is 0 Å². The zero-order valence-corrected chi connectivity index (χ0v) is 6.59. The Hall–Kier alpha value is -1.32. The second kappa shape index (κ2) is 4.49. The molecule has 0 saturated carbocycles. The van der Waals surface area contributed by atoms with Crippen molar-refractivity contribution in [3.63, 3.8) is 0 Å². The maximum atomic E-state index is 10.7. The predicted octanol–water partition coefficient (Wildman–Crippen LogP) is -0.0189. The molecule has 2 N–H and O–H groups in total. The molecule has 0 spiro atoms. The highest BCUT2D eigenvalue weighted by Gasteiger charge is 2.02. The van der Waals surface area contributed by atoms with Crippen LogP contribution in [0.3, 0.4) is 0 Å². The topological polar surface area (TPSA) is 69.4 Å². The van der Waals surface area contributed by atoms with Gasteiger partial charge >= 0.3 is 5.97 Å². The molecule has 1 amide bonds. The van der Waals surface area contributed by atoms with Crippen LogP contribution in [0.4, 0.5) is 0 Å². The van der Waals surface area contributed by atoms with Crippen molar-refractivity contribution in [3.05, 3.63) is 11.6 Å². The SMILES string of the molecule is COC(=O)/C(C)=C\CC(N)=O. The molecule has 4 nitrogen and oxygen atoms in total. The van der Waals surface area contributed by atoms with Crippen LogP contribution in [0.25, 0.3) is 0 Å². The molecule has 0 heterocycles. The summed E-state index contributed by atoms with van der Waals surface area (Å²) >= 11 is 0. The van der Waals surface area contributed by atoms with Crippen LogP contribution >= 0.6 is 0 Å². The van der Waals surface area contributed by atoms with E-state index in [1.165, 1.54) is 13.2 Å². The Morgan fingerprint density at radius 1 is 1.55 bits per heavy atom.